The number of amides is 1. The van der Waals surface area contributed by atoms with Gasteiger partial charge in [0, 0.05) is 19.2 Å². The first kappa shape index (κ1) is 21.7. The zero-order valence-corrected chi connectivity index (χ0v) is 16.4. The van der Waals surface area contributed by atoms with Gasteiger partial charge < -0.3 is 20.3 Å². The number of hydrogen-bond acceptors (Lipinski definition) is 6. The Hall–Kier alpha value is -2.62. The molecular weight excluding hydrogens is 384 g/mol. The Balaban J connectivity index is 2.12. The van der Waals surface area contributed by atoms with Crippen LogP contribution in [-0.4, -0.2) is 50.8 Å². The quantitative estimate of drug-likeness (QED) is 0.493. The number of aromatic hydroxyl groups is 1. The first-order chi connectivity index (χ1) is 13.3. The largest absolute Gasteiger partial charge is 0.507 e. The molecule has 2 unspecified atom stereocenters. The van der Waals surface area contributed by atoms with Crippen LogP contribution in [0.2, 0.25) is 0 Å². The molecule has 152 valence electrons. The van der Waals surface area contributed by atoms with E-state index in [1.165, 1.54) is 43.5 Å². The lowest BCUT2D eigenvalue weighted by Crippen LogP contribution is -2.48. The van der Waals surface area contributed by atoms with E-state index in [1.807, 2.05) is 0 Å². The molecule has 0 aromatic heterocycles. The lowest BCUT2D eigenvalue weighted by atomic mass is 10.0. The van der Waals surface area contributed by atoms with Gasteiger partial charge in [-0.2, -0.15) is 0 Å². The molecule has 0 saturated heterocycles. The highest BCUT2D eigenvalue weighted by Gasteiger charge is 2.25. The SMILES string of the molecule is COc1ccc(S(=O)(=O)NC(CNC(=O)c2ccccc2O)C(C)CO)cc1. The van der Waals surface area contributed by atoms with Gasteiger partial charge in [-0.1, -0.05) is 19.1 Å². The average molecular weight is 408 g/mol. The number of para-hydroxylation sites is 1. The summed E-state index contributed by atoms with van der Waals surface area (Å²) in [5.41, 5.74) is 0.0795. The molecule has 0 aliphatic carbocycles. The van der Waals surface area contributed by atoms with E-state index in [0.29, 0.717) is 5.75 Å². The van der Waals surface area contributed by atoms with Gasteiger partial charge >= 0.3 is 0 Å². The molecule has 2 aromatic rings. The molecule has 28 heavy (non-hydrogen) atoms. The first-order valence-corrected chi connectivity index (χ1v) is 10.1. The van der Waals surface area contributed by atoms with Crippen LogP contribution in [0.1, 0.15) is 17.3 Å². The van der Waals surface area contributed by atoms with Crippen LogP contribution >= 0.6 is 0 Å². The molecule has 0 aliphatic rings. The normalized spacial score (nSPS) is 13.5. The van der Waals surface area contributed by atoms with Crippen molar-refractivity contribution in [3.8, 4) is 11.5 Å². The smallest absolute Gasteiger partial charge is 0.255 e. The van der Waals surface area contributed by atoms with Gasteiger partial charge in [-0.15, -0.1) is 0 Å². The van der Waals surface area contributed by atoms with Gasteiger partial charge in [-0.05, 0) is 42.3 Å². The molecule has 2 aromatic carbocycles. The van der Waals surface area contributed by atoms with Gasteiger partial charge in [0.15, 0.2) is 0 Å². The molecule has 2 atom stereocenters. The summed E-state index contributed by atoms with van der Waals surface area (Å²) in [4.78, 5) is 12.3. The highest BCUT2D eigenvalue weighted by Crippen LogP contribution is 2.17. The average Bonchev–Trinajstić information content (AvgIpc) is 2.70. The second-order valence-corrected chi connectivity index (χ2v) is 8.00. The maximum Gasteiger partial charge on any atom is 0.255 e. The topological polar surface area (TPSA) is 125 Å². The van der Waals surface area contributed by atoms with E-state index in [1.54, 1.807) is 19.1 Å². The fourth-order valence-electron chi connectivity index (χ4n) is 2.47. The number of carbonyl (C=O) groups excluding carboxylic acids is 1. The Morgan fingerprint density at radius 3 is 2.36 bits per heavy atom. The lowest BCUT2D eigenvalue weighted by Gasteiger charge is -2.24. The van der Waals surface area contributed by atoms with Crippen molar-refractivity contribution in [1.29, 1.82) is 0 Å². The second kappa shape index (κ2) is 9.54. The Morgan fingerprint density at radius 1 is 1.14 bits per heavy atom. The van der Waals surface area contributed by atoms with Crippen molar-refractivity contribution in [3.05, 3.63) is 54.1 Å². The van der Waals surface area contributed by atoms with Gasteiger partial charge in [0.05, 0.1) is 17.6 Å². The number of carbonyl (C=O) groups is 1. The van der Waals surface area contributed by atoms with Gasteiger partial charge in [-0.25, -0.2) is 13.1 Å². The van der Waals surface area contributed by atoms with Crippen LogP contribution in [0.15, 0.2) is 53.4 Å². The highest BCUT2D eigenvalue weighted by atomic mass is 32.2. The van der Waals surface area contributed by atoms with Crippen molar-refractivity contribution in [1.82, 2.24) is 10.0 Å². The molecule has 0 spiro atoms. The number of aliphatic hydroxyl groups is 1. The molecule has 0 fully saturated rings. The molecule has 2 rings (SSSR count). The molecule has 0 saturated carbocycles. The third-order valence-electron chi connectivity index (χ3n) is 4.28. The molecule has 0 aliphatic heterocycles. The van der Waals surface area contributed by atoms with Crippen molar-refractivity contribution in [2.45, 2.75) is 17.9 Å². The number of nitrogens with one attached hydrogen (secondary N) is 2. The summed E-state index contributed by atoms with van der Waals surface area (Å²) >= 11 is 0. The standard InChI is InChI=1S/C19H24N2O6S/c1-13(12-22)17(11-20-19(24)16-5-3-4-6-18(16)23)21-28(25,26)15-9-7-14(27-2)8-10-15/h3-10,13,17,21-23H,11-12H2,1-2H3,(H,20,24). The van der Waals surface area contributed by atoms with Gasteiger partial charge in [0.25, 0.3) is 5.91 Å². The highest BCUT2D eigenvalue weighted by molar-refractivity contribution is 7.89. The minimum Gasteiger partial charge on any atom is -0.507 e. The monoisotopic (exact) mass is 408 g/mol. The molecule has 0 heterocycles. The van der Waals surface area contributed by atoms with Crippen molar-refractivity contribution in [3.63, 3.8) is 0 Å². The van der Waals surface area contributed by atoms with Crippen LogP contribution in [0.4, 0.5) is 0 Å². The zero-order valence-electron chi connectivity index (χ0n) is 15.6. The number of phenolic OH excluding ortho intramolecular Hbond substituents is 1. The maximum absolute atomic E-state index is 12.6. The molecule has 0 bridgehead atoms. The van der Waals surface area contributed by atoms with Crippen molar-refractivity contribution >= 4 is 15.9 Å². The molecular formula is C19H24N2O6S. The Bertz CT molecular complexity index is 899. The number of rotatable bonds is 9. The number of sulfonamides is 1. The van der Waals surface area contributed by atoms with E-state index in [9.17, 15) is 23.4 Å². The van der Waals surface area contributed by atoms with E-state index in [2.05, 4.69) is 10.0 Å². The minimum atomic E-state index is -3.88. The second-order valence-electron chi connectivity index (χ2n) is 6.29. The van der Waals surface area contributed by atoms with Crippen molar-refractivity contribution < 1.29 is 28.2 Å². The molecule has 1 amide bonds. The summed E-state index contributed by atoms with van der Waals surface area (Å²) in [5.74, 6) is -0.658. The predicted molar refractivity (Wildman–Crippen MR) is 104 cm³/mol. The van der Waals surface area contributed by atoms with Crippen LogP contribution in [0.3, 0.4) is 0 Å². The first-order valence-electron chi connectivity index (χ1n) is 8.62. The summed E-state index contributed by atoms with van der Waals surface area (Å²) in [6, 6.07) is 11.1. The number of phenols is 1. The fraction of sp³-hybridized carbons (Fsp3) is 0.316. The number of ether oxygens (including phenoxy) is 1. The van der Waals surface area contributed by atoms with Crippen molar-refractivity contribution in [2.24, 2.45) is 5.92 Å². The third kappa shape index (κ3) is 5.44. The van der Waals surface area contributed by atoms with E-state index >= 15 is 0 Å². The molecule has 9 heteroatoms. The summed E-state index contributed by atoms with van der Waals surface area (Å²) in [6.07, 6.45) is 0. The van der Waals surface area contributed by atoms with E-state index in [4.69, 9.17) is 4.74 Å². The van der Waals surface area contributed by atoms with Crippen LogP contribution in [0.5, 0.6) is 11.5 Å². The van der Waals surface area contributed by atoms with E-state index in [0.717, 1.165) is 0 Å². The molecule has 8 nitrogen and oxygen atoms in total. The van der Waals surface area contributed by atoms with Gasteiger partial charge in [0.2, 0.25) is 10.0 Å². The fourth-order valence-corrected chi connectivity index (χ4v) is 3.82. The minimum absolute atomic E-state index is 0.0375. The van der Waals surface area contributed by atoms with Crippen LogP contribution < -0.4 is 14.8 Å². The summed E-state index contributed by atoms with van der Waals surface area (Å²) in [6.45, 7) is 1.32. The van der Waals surface area contributed by atoms with Gasteiger partial charge in [0.1, 0.15) is 11.5 Å². The van der Waals surface area contributed by atoms with Crippen LogP contribution in [0, 0.1) is 5.92 Å². The van der Waals surface area contributed by atoms with E-state index < -0.39 is 27.9 Å². The van der Waals surface area contributed by atoms with Crippen molar-refractivity contribution in [2.75, 3.05) is 20.3 Å². The Morgan fingerprint density at radius 2 is 1.79 bits per heavy atom. The molecule has 4 N–H and O–H groups in total. The summed E-state index contributed by atoms with van der Waals surface area (Å²) < 4.78 is 32.8. The summed E-state index contributed by atoms with van der Waals surface area (Å²) in [5, 5.41) is 21.8. The lowest BCUT2D eigenvalue weighted by molar-refractivity contribution is 0.0941. The number of benzene rings is 2. The third-order valence-corrected chi connectivity index (χ3v) is 5.79. The Labute approximate surface area is 164 Å². The van der Waals surface area contributed by atoms with Gasteiger partial charge in [-0.3, -0.25) is 4.79 Å². The van der Waals surface area contributed by atoms with Crippen LogP contribution in [0.25, 0.3) is 0 Å². The predicted octanol–water partition coefficient (Wildman–Crippen LogP) is 1.11. The number of aliphatic hydroxyl groups excluding tert-OH is 1. The Kier molecular flexibility index (Phi) is 7.38. The number of methoxy groups -OCH3 is 1. The molecule has 0 radical (unpaired) electrons. The van der Waals surface area contributed by atoms with E-state index in [-0.39, 0.29) is 29.4 Å². The number of hydrogen-bond donors (Lipinski definition) is 4. The van der Waals surface area contributed by atoms with Crippen LogP contribution in [-0.2, 0) is 10.0 Å². The maximum atomic E-state index is 12.6. The summed E-state index contributed by atoms with van der Waals surface area (Å²) in [7, 11) is -2.40. The zero-order chi connectivity index (χ0) is 20.7.